The average molecular weight is 390 g/mol. The predicted molar refractivity (Wildman–Crippen MR) is 113 cm³/mol. The molecule has 3 aromatic rings. The van der Waals surface area contributed by atoms with Gasteiger partial charge >= 0.3 is 0 Å². The minimum absolute atomic E-state index is 0.255. The lowest BCUT2D eigenvalue weighted by molar-refractivity contribution is 0.102. The van der Waals surface area contributed by atoms with Gasteiger partial charge in [-0.25, -0.2) is 0 Å². The second-order valence-electron chi connectivity index (χ2n) is 6.57. The van der Waals surface area contributed by atoms with Crippen molar-refractivity contribution in [3.63, 3.8) is 0 Å². The number of fused-ring (bicyclic) bond motifs is 1. The van der Waals surface area contributed by atoms with Gasteiger partial charge in [-0.05, 0) is 36.4 Å². The smallest absolute Gasteiger partial charge is 0.255 e. The number of carbonyl (C=O) groups excluding carboxylic acids is 1. The average Bonchev–Trinajstić information content (AvgIpc) is 2.78. The maximum Gasteiger partial charge on any atom is 0.255 e. The fourth-order valence-corrected chi connectivity index (χ4v) is 3.26. The van der Waals surface area contributed by atoms with Gasteiger partial charge in [-0.1, -0.05) is 30.3 Å². The molecule has 148 valence electrons. The largest absolute Gasteiger partial charge is 0.493 e. The van der Waals surface area contributed by atoms with E-state index < -0.39 is 0 Å². The lowest BCUT2D eigenvalue weighted by Crippen LogP contribution is -2.19. The Morgan fingerprint density at radius 1 is 1.00 bits per heavy atom. The zero-order valence-corrected chi connectivity index (χ0v) is 16.3. The van der Waals surface area contributed by atoms with Crippen molar-refractivity contribution in [3.05, 3.63) is 72.3 Å². The van der Waals surface area contributed by atoms with Crippen LogP contribution in [0.5, 0.6) is 17.2 Å². The molecular formula is C23H22N2O4. The molecule has 1 N–H and O–H groups in total. The van der Waals surface area contributed by atoms with Crippen molar-refractivity contribution >= 4 is 23.0 Å². The van der Waals surface area contributed by atoms with E-state index in [1.165, 1.54) is 0 Å². The van der Waals surface area contributed by atoms with Crippen LogP contribution in [0.15, 0.2) is 66.7 Å². The number of ether oxygens (including phenoxy) is 3. The number of nitrogens with zero attached hydrogens (tertiary/aromatic N) is 1. The van der Waals surface area contributed by atoms with Crippen LogP contribution in [0.25, 0.3) is 0 Å². The molecule has 4 rings (SSSR count). The van der Waals surface area contributed by atoms with E-state index in [1.807, 2.05) is 66.5 Å². The fraction of sp³-hybridized carbons (Fsp3) is 0.174. The van der Waals surface area contributed by atoms with Crippen molar-refractivity contribution in [1.82, 2.24) is 0 Å². The van der Waals surface area contributed by atoms with Gasteiger partial charge < -0.3 is 24.4 Å². The van der Waals surface area contributed by atoms with Crippen molar-refractivity contribution in [2.45, 2.75) is 0 Å². The zero-order chi connectivity index (χ0) is 20.2. The number of hydrogen-bond donors (Lipinski definition) is 1. The summed E-state index contributed by atoms with van der Waals surface area (Å²) in [4.78, 5) is 15.0. The molecule has 0 fully saturated rings. The monoisotopic (exact) mass is 390 g/mol. The second-order valence-corrected chi connectivity index (χ2v) is 6.57. The van der Waals surface area contributed by atoms with Gasteiger partial charge in [0.05, 0.1) is 18.5 Å². The number of rotatable bonds is 5. The lowest BCUT2D eigenvalue weighted by atomic mass is 10.1. The molecule has 29 heavy (non-hydrogen) atoms. The number of methoxy groups -OCH3 is 1. The Morgan fingerprint density at radius 2 is 1.72 bits per heavy atom. The van der Waals surface area contributed by atoms with Crippen LogP contribution in [0.1, 0.15) is 10.4 Å². The normalized spacial score (nSPS) is 12.2. The summed E-state index contributed by atoms with van der Waals surface area (Å²) in [5.41, 5.74) is 3.05. The Labute approximate surface area is 169 Å². The molecule has 0 saturated carbocycles. The molecule has 6 nitrogen and oxygen atoms in total. The van der Waals surface area contributed by atoms with Crippen molar-refractivity contribution in [3.8, 4) is 17.2 Å². The predicted octanol–water partition coefficient (Wildman–Crippen LogP) is 4.49. The summed E-state index contributed by atoms with van der Waals surface area (Å²) in [5, 5.41) is 3.00. The molecule has 1 aliphatic rings. The Balaban J connectivity index is 1.63. The molecule has 1 amide bonds. The summed E-state index contributed by atoms with van der Waals surface area (Å²) < 4.78 is 16.6. The lowest BCUT2D eigenvalue weighted by Gasteiger charge is -2.23. The fourth-order valence-electron chi connectivity index (χ4n) is 3.26. The van der Waals surface area contributed by atoms with Crippen LogP contribution < -0.4 is 24.4 Å². The molecule has 1 aliphatic heterocycles. The van der Waals surface area contributed by atoms with Gasteiger partial charge in [-0.15, -0.1) is 0 Å². The Kier molecular flexibility index (Phi) is 5.24. The third kappa shape index (κ3) is 3.82. The van der Waals surface area contributed by atoms with E-state index in [2.05, 4.69) is 5.32 Å². The van der Waals surface area contributed by atoms with E-state index in [-0.39, 0.29) is 5.91 Å². The van der Waals surface area contributed by atoms with Gasteiger partial charge in [0.15, 0.2) is 11.5 Å². The zero-order valence-electron chi connectivity index (χ0n) is 16.3. The van der Waals surface area contributed by atoms with Crippen molar-refractivity contribution in [2.24, 2.45) is 0 Å². The molecule has 0 aromatic heterocycles. The second kappa shape index (κ2) is 8.14. The van der Waals surface area contributed by atoms with Gasteiger partial charge in [0, 0.05) is 18.3 Å². The summed E-state index contributed by atoms with van der Waals surface area (Å²) >= 11 is 0. The highest BCUT2D eigenvalue weighted by molar-refractivity contribution is 6.07. The Morgan fingerprint density at radius 3 is 2.52 bits per heavy atom. The highest BCUT2D eigenvalue weighted by atomic mass is 16.6. The number of carbonyl (C=O) groups is 1. The van der Waals surface area contributed by atoms with Gasteiger partial charge in [0.2, 0.25) is 5.75 Å². The SMILES string of the molecule is COc1cc(C(=O)Nc2ccccc2N(C)c2ccccc2)cc2c1OCCO2. The third-order valence-corrected chi connectivity index (χ3v) is 4.75. The number of amides is 1. The number of para-hydroxylation sites is 3. The van der Waals surface area contributed by atoms with Crippen LogP contribution in [0.4, 0.5) is 17.1 Å². The van der Waals surface area contributed by atoms with Gasteiger partial charge in [0.1, 0.15) is 13.2 Å². The van der Waals surface area contributed by atoms with Crippen molar-refractivity contribution in [2.75, 3.05) is 37.6 Å². The van der Waals surface area contributed by atoms with Crippen LogP contribution in [0, 0.1) is 0 Å². The molecule has 6 heteroatoms. The standard InChI is InChI=1S/C23H22N2O4/c1-25(17-8-4-3-5-9-17)19-11-7-6-10-18(19)24-23(26)16-14-20(27-2)22-21(15-16)28-12-13-29-22/h3-11,14-15H,12-13H2,1-2H3,(H,24,26). The molecule has 0 bridgehead atoms. The number of nitrogens with one attached hydrogen (secondary N) is 1. The minimum Gasteiger partial charge on any atom is -0.493 e. The van der Waals surface area contributed by atoms with Gasteiger partial charge in [-0.3, -0.25) is 4.79 Å². The first-order valence-corrected chi connectivity index (χ1v) is 9.34. The maximum atomic E-state index is 13.0. The topological polar surface area (TPSA) is 60.0 Å². The van der Waals surface area contributed by atoms with E-state index in [4.69, 9.17) is 14.2 Å². The Hall–Kier alpha value is -3.67. The highest BCUT2D eigenvalue weighted by Gasteiger charge is 2.21. The van der Waals surface area contributed by atoms with Crippen molar-refractivity contribution in [1.29, 1.82) is 0 Å². The van der Waals surface area contributed by atoms with Crippen molar-refractivity contribution < 1.29 is 19.0 Å². The first-order valence-electron chi connectivity index (χ1n) is 9.34. The van der Waals surface area contributed by atoms with E-state index in [1.54, 1.807) is 19.2 Å². The van der Waals surface area contributed by atoms with E-state index in [0.717, 1.165) is 11.4 Å². The molecule has 0 spiro atoms. The van der Waals surface area contributed by atoms with Crippen LogP contribution in [-0.2, 0) is 0 Å². The molecule has 0 atom stereocenters. The Bertz CT molecular complexity index is 1000. The molecule has 3 aromatic carbocycles. The number of anilines is 3. The van der Waals surface area contributed by atoms with E-state index in [0.29, 0.717) is 41.7 Å². The number of benzene rings is 3. The molecule has 0 radical (unpaired) electrons. The minimum atomic E-state index is -0.255. The van der Waals surface area contributed by atoms with Gasteiger partial charge in [0.25, 0.3) is 5.91 Å². The van der Waals surface area contributed by atoms with Gasteiger partial charge in [-0.2, -0.15) is 0 Å². The maximum absolute atomic E-state index is 13.0. The summed E-state index contributed by atoms with van der Waals surface area (Å²) in [6, 6.07) is 21.0. The molecule has 0 unspecified atom stereocenters. The first-order chi connectivity index (χ1) is 14.2. The molecule has 0 aliphatic carbocycles. The molecular weight excluding hydrogens is 368 g/mol. The summed E-state index contributed by atoms with van der Waals surface area (Å²) in [6.45, 7) is 0.889. The summed E-state index contributed by atoms with van der Waals surface area (Å²) in [5.74, 6) is 1.26. The quantitative estimate of drug-likeness (QED) is 0.696. The van der Waals surface area contributed by atoms with Crippen LogP contribution in [-0.4, -0.2) is 33.3 Å². The molecule has 1 heterocycles. The van der Waals surface area contributed by atoms with E-state index >= 15 is 0 Å². The highest BCUT2D eigenvalue weighted by Crippen LogP contribution is 2.40. The first kappa shape index (κ1) is 18.7. The van der Waals surface area contributed by atoms with Crippen LogP contribution in [0.2, 0.25) is 0 Å². The molecule has 0 saturated heterocycles. The van der Waals surface area contributed by atoms with E-state index in [9.17, 15) is 4.79 Å². The number of hydrogen-bond acceptors (Lipinski definition) is 5. The van der Waals surface area contributed by atoms with Crippen LogP contribution in [0.3, 0.4) is 0 Å². The summed E-state index contributed by atoms with van der Waals surface area (Å²) in [6.07, 6.45) is 0. The third-order valence-electron chi connectivity index (χ3n) is 4.75. The van der Waals surface area contributed by atoms with Crippen LogP contribution >= 0.6 is 0 Å². The summed E-state index contributed by atoms with van der Waals surface area (Å²) in [7, 11) is 3.51.